The molecule has 2 saturated heterocycles. The van der Waals surface area contributed by atoms with Crippen LogP contribution < -0.4 is 21.4 Å². The highest BCUT2D eigenvalue weighted by atomic mass is 15.5. The lowest BCUT2D eigenvalue weighted by Gasteiger charge is -2.41. The summed E-state index contributed by atoms with van der Waals surface area (Å²) >= 11 is 0. The van der Waals surface area contributed by atoms with E-state index in [1.165, 1.54) is 112 Å². The van der Waals surface area contributed by atoms with E-state index in [4.69, 9.17) is 30.5 Å². The molecule has 4 fully saturated rings. The van der Waals surface area contributed by atoms with Crippen molar-refractivity contribution in [1.82, 2.24) is 40.0 Å². The summed E-state index contributed by atoms with van der Waals surface area (Å²) in [5.41, 5.74) is 28.5. The lowest BCUT2D eigenvalue weighted by atomic mass is 9.79. The number of benzene rings is 2. The third-order valence-corrected chi connectivity index (χ3v) is 17.9. The standard InChI is InChI=1S/C67H100N10/c1-16-76-63-26-25-55(40-58(63)60(42-67(11,12)28-27-45(2)3)66(76)59-41-57(43-69-64(59)46(4)5)75-33-31-72(13)32-34-75)56-36-47(6)35-52(38-56)39-62(51(10)77-30-20-19-29-70-77)71-50(9)65(54-21-17-18-22-54)74(15)49(8)44-73(14)48(7)37-61(68)53-23-24-53/h25-26,35-36,38,40-41,43,46,53-54,61-62,65,70-71H,2,7-10,16-24,27-34,37,39,42,44,68H2,1,3-6,11-15H3/t61-,62?,65?/m0/s1. The molecule has 0 spiro atoms. The zero-order valence-electron chi connectivity index (χ0n) is 49.7. The van der Waals surface area contributed by atoms with Gasteiger partial charge in [-0.25, -0.2) is 5.43 Å². The molecule has 10 nitrogen and oxygen atoms in total. The number of anilines is 1. The van der Waals surface area contributed by atoms with Crippen molar-refractivity contribution in [2.24, 2.45) is 23.0 Å². The van der Waals surface area contributed by atoms with Crippen LogP contribution in [0.1, 0.15) is 140 Å². The Hall–Kier alpha value is -5.29. The molecule has 2 aromatic heterocycles. The first-order valence-electron chi connectivity index (χ1n) is 29.8. The Labute approximate surface area is 466 Å². The summed E-state index contributed by atoms with van der Waals surface area (Å²) < 4.78 is 2.59. The first kappa shape index (κ1) is 57.9. The third kappa shape index (κ3) is 14.1. The van der Waals surface area contributed by atoms with Crippen LogP contribution in [0.15, 0.2) is 110 Å². The van der Waals surface area contributed by atoms with E-state index in [-0.39, 0.29) is 29.5 Å². The van der Waals surface area contributed by atoms with E-state index < -0.39 is 0 Å². The van der Waals surface area contributed by atoms with E-state index in [9.17, 15) is 0 Å². The number of rotatable bonds is 26. The number of nitrogens with two attached hydrogens (primary N) is 1. The van der Waals surface area contributed by atoms with Crippen LogP contribution in [0.3, 0.4) is 0 Å². The molecule has 2 aliphatic carbocycles. The predicted octanol–water partition coefficient (Wildman–Crippen LogP) is 13.2. The maximum atomic E-state index is 6.57. The van der Waals surface area contributed by atoms with Crippen LogP contribution in [-0.2, 0) is 19.4 Å². The molecule has 418 valence electrons. The number of hydrogen-bond acceptors (Lipinski definition) is 9. The van der Waals surface area contributed by atoms with E-state index in [1.54, 1.807) is 0 Å². The minimum Gasteiger partial charge on any atom is -0.378 e. The van der Waals surface area contributed by atoms with Gasteiger partial charge in [-0.1, -0.05) is 102 Å². The molecule has 0 radical (unpaired) electrons. The second kappa shape index (κ2) is 25.2. The largest absolute Gasteiger partial charge is 0.378 e. The first-order chi connectivity index (χ1) is 36.7. The van der Waals surface area contributed by atoms with Gasteiger partial charge in [0.2, 0.25) is 0 Å². The minimum absolute atomic E-state index is 0.0409. The van der Waals surface area contributed by atoms with Gasteiger partial charge in [0.25, 0.3) is 0 Å². The van der Waals surface area contributed by atoms with Crippen LogP contribution in [0.5, 0.6) is 0 Å². The summed E-state index contributed by atoms with van der Waals surface area (Å²) in [7, 11) is 6.59. The highest BCUT2D eigenvalue weighted by Crippen LogP contribution is 2.44. The van der Waals surface area contributed by atoms with Crippen molar-refractivity contribution in [2.45, 2.75) is 163 Å². The van der Waals surface area contributed by atoms with Crippen molar-refractivity contribution < 1.29 is 0 Å². The zero-order chi connectivity index (χ0) is 55.3. The molecule has 2 saturated carbocycles. The van der Waals surface area contributed by atoms with E-state index in [1.807, 2.05) is 0 Å². The van der Waals surface area contributed by atoms with E-state index >= 15 is 0 Å². The molecule has 2 unspecified atom stereocenters. The molecule has 4 heterocycles. The summed E-state index contributed by atoms with van der Waals surface area (Å²) in [6, 6.07) is 17.2. The summed E-state index contributed by atoms with van der Waals surface area (Å²) in [5.74, 6) is 1.39. The fourth-order valence-corrected chi connectivity index (χ4v) is 12.9. The van der Waals surface area contributed by atoms with Gasteiger partial charge in [0, 0.05) is 112 Å². The average molecular weight is 1050 g/mol. The maximum Gasteiger partial charge on any atom is 0.0707 e. The van der Waals surface area contributed by atoms with Gasteiger partial charge in [0.15, 0.2) is 0 Å². The molecule has 4 aliphatic rings. The zero-order valence-corrected chi connectivity index (χ0v) is 49.7. The second-order valence-corrected chi connectivity index (χ2v) is 25.4. The molecule has 0 bridgehead atoms. The quantitative estimate of drug-likeness (QED) is 0.0533. The molecule has 8 rings (SSSR count). The SMILES string of the molecule is C=C(C)CCC(C)(C)Cc1c(-c2cc(N3CCN(C)CC3)cnc2C(C)C)n(CC)c2ccc(-c3cc(C)cc(CC(NC(=C)C(C4CCCC4)N(C)C(=C)CN(C)C(=C)C[C@H](N)C4CC4)C(=C)N4CCCCN4)c3)cc12. The lowest BCUT2D eigenvalue weighted by Crippen LogP contribution is -2.51. The first-order valence-corrected chi connectivity index (χ1v) is 29.8. The van der Waals surface area contributed by atoms with Crippen LogP contribution in [-0.4, -0.2) is 114 Å². The van der Waals surface area contributed by atoms with Crippen molar-refractivity contribution in [3.63, 3.8) is 0 Å². The number of piperazine rings is 1. The number of nitrogens with zero attached hydrogens (tertiary/aromatic N) is 7. The Morgan fingerprint density at radius 2 is 1.61 bits per heavy atom. The number of fused-ring (bicyclic) bond motifs is 1. The molecule has 3 atom stereocenters. The number of aromatic nitrogens is 2. The topological polar surface area (TPSA) is 84.1 Å². The summed E-state index contributed by atoms with van der Waals surface area (Å²) in [6.07, 6.45) is 16.4. The minimum atomic E-state index is -0.0817. The van der Waals surface area contributed by atoms with Gasteiger partial charge in [-0.05, 0) is 156 Å². The number of allylic oxidation sites excluding steroid dienone is 1. The van der Waals surface area contributed by atoms with Gasteiger partial charge < -0.3 is 40.2 Å². The van der Waals surface area contributed by atoms with Gasteiger partial charge >= 0.3 is 0 Å². The van der Waals surface area contributed by atoms with Crippen molar-refractivity contribution in [3.8, 4) is 22.4 Å². The van der Waals surface area contributed by atoms with Gasteiger partial charge in [-0.15, -0.1) is 6.58 Å². The smallest absolute Gasteiger partial charge is 0.0707 e. The molecular formula is C67H100N10. The lowest BCUT2D eigenvalue weighted by molar-refractivity contribution is 0.183. The third-order valence-electron chi connectivity index (χ3n) is 17.9. The Kier molecular flexibility index (Phi) is 19.0. The molecule has 0 amide bonds. The monoisotopic (exact) mass is 1040 g/mol. The number of hydrazine groups is 1. The van der Waals surface area contributed by atoms with Gasteiger partial charge in [-0.3, -0.25) is 4.98 Å². The Morgan fingerprint density at radius 1 is 0.883 bits per heavy atom. The highest BCUT2D eigenvalue weighted by Gasteiger charge is 2.35. The fraction of sp³-hybridized carbons (Fsp3) is 0.567. The predicted molar refractivity (Wildman–Crippen MR) is 329 cm³/mol. The summed E-state index contributed by atoms with van der Waals surface area (Å²) in [5, 5.41) is 7.73. The number of likely N-dealkylation sites (N-methyl/N-ethyl adjacent to an activating group) is 3. The van der Waals surface area contributed by atoms with Gasteiger partial charge in [0.1, 0.15) is 0 Å². The Morgan fingerprint density at radius 3 is 2.26 bits per heavy atom. The van der Waals surface area contributed by atoms with E-state index in [0.29, 0.717) is 18.4 Å². The number of nitrogens with one attached hydrogen (secondary N) is 2. The molecule has 2 aliphatic heterocycles. The average Bonchev–Trinajstić information content (AvgIpc) is 4.05. The molecular weight excluding hydrogens is 945 g/mol. The molecule has 4 aromatic rings. The number of hydrogen-bond donors (Lipinski definition) is 3. The van der Waals surface area contributed by atoms with Crippen molar-refractivity contribution in [3.05, 3.63) is 132 Å². The molecule has 4 N–H and O–H groups in total. The van der Waals surface area contributed by atoms with Crippen molar-refractivity contribution in [2.75, 3.05) is 71.9 Å². The van der Waals surface area contributed by atoms with Crippen LogP contribution in [0.4, 0.5) is 5.69 Å². The normalized spacial score (nSPS) is 17.9. The Bertz CT molecular complexity index is 2730. The molecule has 2 aromatic carbocycles. The van der Waals surface area contributed by atoms with Gasteiger partial charge in [0.05, 0.1) is 41.9 Å². The second-order valence-electron chi connectivity index (χ2n) is 25.4. The number of aryl methyl sites for hydroxylation is 2. The van der Waals surface area contributed by atoms with E-state index in [2.05, 4.69) is 171 Å². The van der Waals surface area contributed by atoms with Crippen molar-refractivity contribution in [1.29, 1.82) is 0 Å². The molecule has 77 heavy (non-hydrogen) atoms. The Balaban J connectivity index is 1.14. The van der Waals surface area contributed by atoms with Crippen LogP contribution in [0.25, 0.3) is 33.3 Å². The van der Waals surface area contributed by atoms with E-state index in [0.717, 1.165) is 107 Å². The van der Waals surface area contributed by atoms with Crippen molar-refractivity contribution >= 4 is 16.6 Å². The van der Waals surface area contributed by atoms with Crippen LogP contribution >= 0.6 is 0 Å². The number of pyridine rings is 1. The van der Waals surface area contributed by atoms with Crippen LogP contribution in [0, 0.1) is 24.2 Å². The van der Waals surface area contributed by atoms with Gasteiger partial charge in [-0.2, -0.15) is 0 Å². The maximum absolute atomic E-state index is 6.57. The highest BCUT2D eigenvalue weighted by molar-refractivity contribution is 5.95. The summed E-state index contributed by atoms with van der Waals surface area (Å²) in [6.45, 7) is 47.1. The van der Waals surface area contributed by atoms with Crippen LogP contribution in [0.2, 0.25) is 0 Å². The summed E-state index contributed by atoms with van der Waals surface area (Å²) in [4.78, 5) is 14.9. The fourth-order valence-electron chi connectivity index (χ4n) is 12.9. The molecule has 10 heteroatoms.